The predicted molar refractivity (Wildman–Crippen MR) is 150 cm³/mol. The fraction of sp³-hybridized carbons (Fsp3) is 0.296. The number of nitrogens with one attached hydrogen (secondary N) is 2. The first-order chi connectivity index (χ1) is 17.6. The number of anilines is 1. The largest absolute Gasteiger partial charge is 0.496 e. The summed E-state index contributed by atoms with van der Waals surface area (Å²) in [5.74, 6) is 0.281. The zero-order chi connectivity index (χ0) is 28.4. The van der Waals surface area contributed by atoms with Crippen LogP contribution in [0.3, 0.4) is 0 Å². The molecule has 0 aliphatic carbocycles. The maximum absolute atomic E-state index is 12.9. The minimum atomic E-state index is -3.53. The van der Waals surface area contributed by atoms with Crippen LogP contribution in [0.5, 0.6) is 5.75 Å². The molecule has 2 N–H and O–H groups in total. The Labute approximate surface area is 221 Å². The third kappa shape index (κ3) is 6.60. The molecule has 2 aromatic carbocycles. The standard InChI is InChI=1S/C27H32N4O6S/c1-27(2,3)22-16-20(31-13-12-23(32)28-26(31)34)14-18(24(22)37-6)9-8-17-10-11-19(29-38(7,35)36)15-21(17)25(33)30(4)5/h8-16,29H,1-7H3,(H,28,32,34)/b9-8+. The molecule has 0 spiro atoms. The van der Waals surface area contributed by atoms with Crippen LogP contribution in [-0.4, -0.2) is 56.2 Å². The maximum atomic E-state index is 12.9. The van der Waals surface area contributed by atoms with Crippen LogP contribution in [0.1, 0.15) is 47.8 Å². The molecule has 10 nitrogen and oxygen atoms in total. The smallest absolute Gasteiger partial charge is 0.332 e. The second kappa shape index (κ2) is 10.7. The number of carbonyl (C=O) groups excluding carboxylic acids is 1. The van der Waals surface area contributed by atoms with Crippen LogP contribution < -0.4 is 20.7 Å². The lowest BCUT2D eigenvalue weighted by Crippen LogP contribution is -2.28. The van der Waals surface area contributed by atoms with E-state index in [9.17, 15) is 22.8 Å². The molecule has 3 rings (SSSR count). The number of aromatic nitrogens is 2. The van der Waals surface area contributed by atoms with Crippen LogP contribution in [-0.2, 0) is 15.4 Å². The van der Waals surface area contributed by atoms with Gasteiger partial charge in [0.05, 0.1) is 19.1 Å². The van der Waals surface area contributed by atoms with Gasteiger partial charge in [0, 0.05) is 48.7 Å². The number of rotatable bonds is 7. The molecule has 3 aromatic rings. The second-order valence-corrected chi connectivity index (χ2v) is 11.8. The molecule has 0 fully saturated rings. The highest BCUT2D eigenvalue weighted by atomic mass is 32.2. The molecule has 202 valence electrons. The van der Waals surface area contributed by atoms with E-state index in [4.69, 9.17) is 4.74 Å². The number of nitrogens with zero attached hydrogens (tertiary/aromatic N) is 2. The third-order valence-corrected chi connectivity index (χ3v) is 6.26. The average molecular weight is 541 g/mol. The fourth-order valence-corrected chi connectivity index (χ4v) is 4.44. The number of amides is 1. The summed E-state index contributed by atoms with van der Waals surface area (Å²) in [5, 5.41) is 0. The van der Waals surface area contributed by atoms with Gasteiger partial charge in [0.2, 0.25) is 10.0 Å². The van der Waals surface area contributed by atoms with E-state index in [1.165, 1.54) is 27.8 Å². The highest BCUT2D eigenvalue weighted by Crippen LogP contribution is 2.37. The van der Waals surface area contributed by atoms with E-state index in [0.29, 0.717) is 28.1 Å². The number of hydrogen-bond acceptors (Lipinski definition) is 6. The molecular formula is C27H32N4O6S. The van der Waals surface area contributed by atoms with Crippen molar-refractivity contribution in [3.63, 3.8) is 0 Å². The molecule has 0 aliphatic rings. The highest BCUT2D eigenvalue weighted by Gasteiger charge is 2.23. The molecule has 0 radical (unpaired) electrons. The Hall–Kier alpha value is -4.12. The molecule has 0 saturated carbocycles. The van der Waals surface area contributed by atoms with Gasteiger partial charge in [-0.05, 0) is 35.2 Å². The van der Waals surface area contributed by atoms with Gasteiger partial charge < -0.3 is 9.64 Å². The lowest BCUT2D eigenvalue weighted by molar-refractivity contribution is 0.0827. The second-order valence-electron chi connectivity index (χ2n) is 10.1. The Morgan fingerprint density at radius 3 is 2.26 bits per heavy atom. The predicted octanol–water partition coefficient (Wildman–Crippen LogP) is 3.08. The molecule has 11 heteroatoms. The van der Waals surface area contributed by atoms with Crippen molar-refractivity contribution in [3.05, 3.63) is 85.7 Å². The van der Waals surface area contributed by atoms with E-state index in [0.717, 1.165) is 11.8 Å². The van der Waals surface area contributed by atoms with Crippen LogP contribution in [0.2, 0.25) is 0 Å². The van der Waals surface area contributed by atoms with Gasteiger partial charge in [0.25, 0.3) is 11.5 Å². The van der Waals surface area contributed by atoms with Crippen molar-refractivity contribution in [1.29, 1.82) is 0 Å². The summed E-state index contributed by atoms with van der Waals surface area (Å²) in [5.41, 5.74) is 1.66. The summed E-state index contributed by atoms with van der Waals surface area (Å²) in [6.07, 6.45) is 5.93. The van der Waals surface area contributed by atoms with E-state index in [1.54, 1.807) is 51.6 Å². The zero-order valence-corrected chi connectivity index (χ0v) is 23.3. The quantitative estimate of drug-likeness (QED) is 0.443. The lowest BCUT2D eigenvalue weighted by atomic mass is 9.84. The maximum Gasteiger partial charge on any atom is 0.332 e. The fourth-order valence-electron chi connectivity index (χ4n) is 3.89. The normalized spacial score (nSPS) is 12.0. The molecule has 0 saturated heterocycles. The zero-order valence-electron chi connectivity index (χ0n) is 22.4. The number of H-pyrrole nitrogens is 1. The molecule has 38 heavy (non-hydrogen) atoms. The number of carbonyl (C=O) groups is 1. The summed E-state index contributed by atoms with van der Waals surface area (Å²) in [4.78, 5) is 40.7. The van der Waals surface area contributed by atoms with E-state index >= 15 is 0 Å². The van der Waals surface area contributed by atoms with E-state index < -0.39 is 21.3 Å². The minimum Gasteiger partial charge on any atom is -0.496 e. The van der Waals surface area contributed by atoms with Crippen molar-refractivity contribution in [1.82, 2.24) is 14.5 Å². The average Bonchev–Trinajstić information content (AvgIpc) is 2.80. The number of methoxy groups -OCH3 is 1. The van der Waals surface area contributed by atoms with Gasteiger partial charge in [0.1, 0.15) is 5.75 Å². The van der Waals surface area contributed by atoms with Gasteiger partial charge in [-0.15, -0.1) is 0 Å². The van der Waals surface area contributed by atoms with Crippen molar-refractivity contribution < 1.29 is 17.9 Å². The lowest BCUT2D eigenvalue weighted by Gasteiger charge is -2.25. The summed E-state index contributed by atoms with van der Waals surface area (Å²) in [6, 6.07) is 9.55. The van der Waals surface area contributed by atoms with E-state index in [2.05, 4.69) is 9.71 Å². The van der Waals surface area contributed by atoms with Crippen molar-refractivity contribution in [2.24, 2.45) is 0 Å². The van der Waals surface area contributed by atoms with Gasteiger partial charge in [0.15, 0.2) is 0 Å². The van der Waals surface area contributed by atoms with Crippen molar-refractivity contribution in [2.75, 3.05) is 32.2 Å². The molecule has 0 aliphatic heterocycles. The van der Waals surface area contributed by atoms with Gasteiger partial charge >= 0.3 is 5.69 Å². The summed E-state index contributed by atoms with van der Waals surface area (Å²) in [6.45, 7) is 6.04. The Kier molecular flexibility index (Phi) is 8.01. The number of hydrogen-bond donors (Lipinski definition) is 2. The van der Waals surface area contributed by atoms with Crippen molar-refractivity contribution >= 4 is 33.8 Å². The Bertz CT molecular complexity index is 1630. The molecule has 0 atom stereocenters. The SMILES string of the molecule is COc1c(/C=C/c2ccc(NS(C)(=O)=O)cc2C(=O)N(C)C)cc(-n2ccc(=O)[nH]c2=O)cc1C(C)(C)C. The Morgan fingerprint density at radius 2 is 1.71 bits per heavy atom. The first-order valence-corrected chi connectivity index (χ1v) is 13.6. The first-order valence-electron chi connectivity index (χ1n) is 11.7. The van der Waals surface area contributed by atoms with E-state index in [-0.39, 0.29) is 17.0 Å². The summed E-state index contributed by atoms with van der Waals surface area (Å²) < 4.78 is 32.9. The first kappa shape index (κ1) is 28.5. The number of aromatic amines is 1. The van der Waals surface area contributed by atoms with Gasteiger partial charge in [-0.1, -0.05) is 39.0 Å². The van der Waals surface area contributed by atoms with Crippen LogP contribution in [0.4, 0.5) is 5.69 Å². The molecule has 1 heterocycles. The molecule has 1 aromatic heterocycles. The van der Waals surface area contributed by atoms with Crippen LogP contribution in [0.15, 0.2) is 52.2 Å². The van der Waals surface area contributed by atoms with Crippen LogP contribution in [0.25, 0.3) is 17.8 Å². The van der Waals surface area contributed by atoms with Crippen molar-refractivity contribution in [2.45, 2.75) is 26.2 Å². The summed E-state index contributed by atoms with van der Waals surface area (Å²) >= 11 is 0. The summed E-state index contributed by atoms with van der Waals surface area (Å²) in [7, 11) is 1.24. The molecule has 1 amide bonds. The molecule has 0 unspecified atom stereocenters. The Balaban J connectivity index is 2.23. The van der Waals surface area contributed by atoms with Gasteiger partial charge in [-0.25, -0.2) is 13.2 Å². The number of benzene rings is 2. The van der Waals surface area contributed by atoms with Crippen LogP contribution >= 0.6 is 0 Å². The van der Waals surface area contributed by atoms with Crippen molar-refractivity contribution in [3.8, 4) is 11.4 Å². The molecule has 0 bridgehead atoms. The van der Waals surface area contributed by atoms with Crippen LogP contribution in [0, 0.1) is 0 Å². The Morgan fingerprint density at radius 1 is 1.05 bits per heavy atom. The number of ether oxygens (including phenoxy) is 1. The monoisotopic (exact) mass is 540 g/mol. The van der Waals surface area contributed by atoms with Gasteiger partial charge in [-0.3, -0.25) is 23.9 Å². The topological polar surface area (TPSA) is 131 Å². The molecular weight excluding hydrogens is 508 g/mol. The highest BCUT2D eigenvalue weighted by molar-refractivity contribution is 7.92. The number of sulfonamides is 1. The van der Waals surface area contributed by atoms with E-state index in [1.807, 2.05) is 26.8 Å². The minimum absolute atomic E-state index is 0.266. The van der Waals surface area contributed by atoms with Gasteiger partial charge in [-0.2, -0.15) is 0 Å². The third-order valence-electron chi connectivity index (χ3n) is 5.65.